The first-order valence-corrected chi connectivity index (χ1v) is 13.5. The van der Waals surface area contributed by atoms with Gasteiger partial charge in [0.15, 0.2) is 0 Å². The van der Waals surface area contributed by atoms with Crippen LogP contribution in [-0.4, -0.2) is 42.7 Å². The molecule has 4 rings (SSSR count). The lowest BCUT2D eigenvalue weighted by Gasteiger charge is -2.12. The average molecular weight is 569 g/mol. The number of pyridine rings is 1. The zero-order valence-electron chi connectivity index (χ0n) is 22.4. The molecule has 0 spiro atoms. The van der Waals surface area contributed by atoms with Crippen LogP contribution in [0.1, 0.15) is 15.9 Å². The highest BCUT2D eigenvalue weighted by atomic mass is 32.2. The first kappa shape index (κ1) is 28.9. The van der Waals surface area contributed by atoms with Crippen molar-refractivity contribution in [2.45, 2.75) is 4.90 Å². The van der Waals surface area contributed by atoms with Crippen LogP contribution in [0.5, 0.6) is 11.5 Å². The van der Waals surface area contributed by atoms with Crippen LogP contribution in [0.25, 0.3) is 6.08 Å². The van der Waals surface area contributed by atoms with Crippen molar-refractivity contribution in [3.8, 4) is 11.5 Å². The Kier molecular flexibility index (Phi) is 10.1. The molecule has 0 bridgehead atoms. The Morgan fingerprint density at radius 3 is 2.34 bits per heavy atom. The van der Waals surface area contributed by atoms with Crippen LogP contribution < -0.4 is 25.4 Å². The van der Waals surface area contributed by atoms with Crippen LogP contribution in [-0.2, 0) is 9.59 Å². The van der Waals surface area contributed by atoms with E-state index in [9.17, 15) is 14.4 Å². The molecule has 0 aliphatic carbocycles. The molecular formula is C31H28N4O5S. The second-order valence-electron chi connectivity index (χ2n) is 8.55. The number of nitrogens with zero attached hydrogens (tertiary/aromatic N) is 1. The van der Waals surface area contributed by atoms with E-state index >= 15 is 0 Å². The lowest BCUT2D eigenvalue weighted by Crippen LogP contribution is -2.30. The minimum absolute atomic E-state index is 0.0657. The molecule has 208 valence electrons. The number of rotatable bonds is 11. The van der Waals surface area contributed by atoms with Gasteiger partial charge in [-0.25, -0.2) is 0 Å². The molecule has 0 aliphatic rings. The summed E-state index contributed by atoms with van der Waals surface area (Å²) in [5.41, 5.74) is 2.22. The normalized spacial score (nSPS) is 10.8. The minimum atomic E-state index is -0.494. The predicted molar refractivity (Wildman–Crippen MR) is 160 cm³/mol. The van der Waals surface area contributed by atoms with Gasteiger partial charge in [-0.3, -0.25) is 19.4 Å². The summed E-state index contributed by atoms with van der Waals surface area (Å²) >= 11 is 1.35. The minimum Gasteiger partial charge on any atom is -0.497 e. The molecule has 0 saturated heterocycles. The number of methoxy groups -OCH3 is 2. The summed E-state index contributed by atoms with van der Waals surface area (Å²) in [4.78, 5) is 43.3. The SMILES string of the molecule is COc1ccc(NC(=O)CSc2ccc(NC(=O)/C(=C/c3cccnc3)NC(=O)c3ccccc3)cc2)c(OC)c1. The van der Waals surface area contributed by atoms with Gasteiger partial charge in [0, 0.05) is 34.6 Å². The molecule has 0 radical (unpaired) electrons. The Morgan fingerprint density at radius 2 is 1.66 bits per heavy atom. The summed E-state index contributed by atoms with van der Waals surface area (Å²) in [6.07, 6.45) is 4.78. The molecule has 3 N–H and O–H groups in total. The molecule has 10 heteroatoms. The maximum absolute atomic E-state index is 13.2. The summed E-state index contributed by atoms with van der Waals surface area (Å²) in [6.45, 7) is 0. The van der Waals surface area contributed by atoms with Crippen molar-refractivity contribution in [1.29, 1.82) is 0 Å². The zero-order valence-corrected chi connectivity index (χ0v) is 23.2. The highest BCUT2D eigenvalue weighted by Gasteiger charge is 2.15. The van der Waals surface area contributed by atoms with Gasteiger partial charge in [-0.05, 0) is 66.2 Å². The number of amides is 3. The monoisotopic (exact) mass is 568 g/mol. The predicted octanol–water partition coefficient (Wildman–Crippen LogP) is 5.24. The summed E-state index contributed by atoms with van der Waals surface area (Å²) < 4.78 is 10.5. The second kappa shape index (κ2) is 14.3. The molecule has 0 unspecified atom stereocenters. The Labute approximate surface area is 242 Å². The van der Waals surface area contributed by atoms with Gasteiger partial charge in [-0.1, -0.05) is 24.3 Å². The first-order valence-electron chi connectivity index (χ1n) is 12.5. The van der Waals surface area contributed by atoms with Crippen LogP contribution in [0.4, 0.5) is 11.4 Å². The van der Waals surface area contributed by atoms with Crippen LogP contribution in [0, 0.1) is 0 Å². The maximum Gasteiger partial charge on any atom is 0.272 e. The third-order valence-corrected chi connectivity index (χ3v) is 6.70. The van der Waals surface area contributed by atoms with Gasteiger partial charge < -0.3 is 25.4 Å². The van der Waals surface area contributed by atoms with E-state index in [1.807, 2.05) is 6.07 Å². The number of carbonyl (C=O) groups is 3. The Hall–Kier alpha value is -5.09. The van der Waals surface area contributed by atoms with E-state index in [2.05, 4.69) is 20.9 Å². The molecule has 3 aromatic carbocycles. The number of hydrogen-bond acceptors (Lipinski definition) is 7. The van der Waals surface area contributed by atoms with Gasteiger partial charge in [0.05, 0.1) is 25.7 Å². The molecule has 4 aromatic rings. The number of aromatic nitrogens is 1. The fraction of sp³-hybridized carbons (Fsp3) is 0.0968. The Bertz CT molecular complexity index is 1530. The van der Waals surface area contributed by atoms with E-state index in [4.69, 9.17) is 9.47 Å². The molecule has 0 fully saturated rings. The molecule has 9 nitrogen and oxygen atoms in total. The first-order chi connectivity index (χ1) is 19.9. The fourth-order valence-electron chi connectivity index (χ4n) is 3.64. The van der Waals surface area contributed by atoms with Gasteiger partial charge in [-0.2, -0.15) is 0 Å². The van der Waals surface area contributed by atoms with Gasteiger partial charge in [0.1, 0.15) is 17.2 Å². The highest BCUT2D eigenvalue weighted by molar-refractivity contribution is 8.00. The summed E-state index contributed by atoms with van der Waals surface area (Å²) in [5.74, 6) is 0.193. The summed E-state index contributed by atoms with van der Waals surface area (Å²) in [6, 6.07) is 24.4. The lowest BCUT2D eigenvalue weighted by atomic mass is 10.2. The van der Waals surface area contributed by atoms with Crippen LogP contribution in [0.3, 0.4) is 0 Å². The van der Waals surface area contributed by atoms with Crippen LogP contribution in [0.15, 0.2) is 108 Å². The van der Waals surface area contributed by atoms with E-state index in [-0.39, 0.29) is 17.4 Å². The zero-order chi connectivity index (χ0) is 29.0. The molecular weight excluding hydrogens is 540 g/mol. The molecule has 0 saturated carbocycles. The molecule has 1 heterocycles. The number of nitrogens with one attached hydrogen (secondary N) is 3. The quantitative estimate of drug-likeness (QED) is 0.167. The van der Waals surface area contributed by atoms with Crippen molar-refractivity contribution in [3.63, 3.8) is 0 Å². The van der Waals surface area contributed by atoms with E-state index in [1.54, 1.807) is 104 Å². The van der Waals surface area contributed by atoms with E-state index in [0.717, 1.165) is 4.90 Å². The second-order valence-corrected chi connectivity index (χ2v) is 9.59. The van der Waals surface area contributed by atoms with Gasteiger partial charge >= 0.3 is 0 Å². The van der Waals surface area contributed by atoms with Gasteiger partial charge in [0.25, 0.3) is 11.8 Å². The highest BCUT2D eigenvalue weighted by Crippen LogP contribution is 2.29. The van der Waals surface area contributed by atoms with Gasteiger partial charge in [-0.15, -0.1) is 11.8 Å². The van der Waals surface area contributed by atoms with Crippen molar-refractivity contribution in [2.24, 2.45) is 0 Å². The standard InChI is InChI=1S/C31H28N4O5S/c1-39-24-12-15-26(28(18-24)40-2)34-29(36)20-41-25-13-10-23(11-14-25)33-31(38)27(17-21-7-6-16-32-19-21)35-30(37)22-8-4-3-5-9-22/h3-19H,20H2,1-2H3,(H,33,38)(H,34,36)(H,35,37)/b27-17-. The van der Waals surface area contributed by atoms with Crippen molar-refractivity contribution in [2.75, 3.05) is 30.6 Å². The fourth-order valence-corrected chi connectivity index (χ4v) is 4.34. The molecule has 0 atom stereocenters. The number of thioether (sulfide) groups is 1. The number of ether oxygens (including phenoxy) is 2. The maximum atomic E-state index is 13.2. The third kappa shape index (κ3) is 8.45. The summed E-state index contributed by atoms with van der Waals surface area (Å²) in [7, 11) is 3.08. The molecule has 3 amide bonds. The molecule has 1 aromatic heterocycles. The number of carbonyl (C=O) groups excluding carboxylic acids is 3. The van der Waals surface area contributed by atoms with Crippen molar-refractivity contribution in [3.05, 3.63) is 114 Å². The molecule has 41 heavy (non-hydrogen) atoms. The van der Waals surface area contributed by atoms with E-state index in [1.165, 1.54) is 18.9 Å². The Balaban J connectivity index is 1.37. The van der Waals surface area contributed by atoms with E-state index < -0.39 is 11.8 Å². The number of benzene rings is 3. The third-order valence-electron chi connectivity index (χ3n) is 5.69. The van der Waals surface area contributed by atoms with Crippen molar-refractivity contribution >= 4 is 46.9 Å². The topological polar surface area (TPSA) is 119 Å². The smallest absolute Gasteiger partial charge is 0.272 e. The van der Waals surface area contributed by atoms with E-state index in [0.29, 0.717) is 34.0 Å². The summed E-state index contributed by atoms with van der Waals surface area (Å²) in [5, 5.41) is 8.35. The van der Waals surface area contributed by atoms with Crippen LogP contribution >= 0.6 is 11.8 Å². The van der Waals surface area contributed by atoms with Crippen molar-refractivity contribution < 1.29 is 23.9 Å². The number of hydrogen-bond donors (Lipinski definition) is 3. The largest absolute Gasteiger partial charge is 0.497 e. The Morgan fingerprint density at radius 1 is 0.878 bits per heavy atom. The van der Waals surface area contributed by atoms with Gasteiger partial charge in [0.2, 0.25) is 5.91 Å². The lowest BCUT2D eigenvalue weighted by molar-refractivity contribution is -0.114. The van der Waals surface area contributed by atoms with Crippen LogP contribution in [0.2, 0.25) is 0 Å². The number of anilines is 2. The molecule has 0 aliphatic heterocycles. The average Bonchev–Trinajstić information content (AvgIpc) is 3.01. The van der Waals surface area contributed by atoms with Crippen molar-refractivity contribution in [1.82, 2.24) is 10.3 Å².